The molecule has 3 nitrogen and oxygen atoms in total. The molecule has 0 atom stereocenters. The van der Waals surface area contributed by atoms with E-state index >= 15 is 0 Å². The fourth-order valence-corrected chi connectivity index (χ4v) is 2.16. The van der Waals surface area contributed by atoms with Crippen LogP contribution in [0, 0.1) is 5.82 Å². The first-order valence-corrected chi connectivity index (χ1v) is 5.23. The van der Waals surface area contributed by atoms with E-state index in [1.165, 1.54) is 0 Å². The number of carboxylic acids is 1. The highest BCUT2D eigenvalue weighted by Crippen LogP contribution is 2.54. The van der Waals surface area contributed by atoms with Crippen LogP contribution in [0.15, 0.2) is 12.1 Å². The van der Waals surface area contributed by atoms with Crippen LogP contribution in [0.5, 0.6) is 5.75 Å². The fraction of sp³-hybridized carbons (Fsp3) is 0.364. The molecule has 0 spiro atoms. The van der Waals surface area contributed by atoms with E-state index in [0.29, 0.717) is 18.4 Å². The third kappa shape index (κ3) is 1.85. The van der Waals surface area contributed by atoms with Gasteiger partial charge in [-0.2, -0.15) is 0 Å². The number of aliphatic carboxylic acids is 1. The lowest BCUT2D eigenvalue weighted by Gasteiger charge is -2.15. The highest BCUT2D eigenvalue weighted by Gasteiger charge is 2.48. The second-order valence-electron chi connectivity index (χ2n) is 4.13. The van der Waals surface area contributed by atoms with E-state index in [1.54, 1.807) is 0 Å². The van der Waals surface area contributed by atoms with Gasteiger partial charge in [0.25, 0.3) is 0 Å². The highest BCUT2D eigenvalue weighted by atomic mass is 35.5. The van der Waals surface area contributed by atoms with E-state index in [2.05, 4.69) is 0 Å². The molecule has 0 unspecified atom stereocenters. The Morgan fingerprint density at radius 2 is 2.12 bits per heavy atom. The molecule has 2 N–H and O–H groups in total. The molecule has 1 aromatic rings. The zero-order valence-corrected chi connectivity index (χ0v) is 9.09. The predicted molar refractivity (Wildman–Crippen MR) is 56.2 cm³/mol. The van der Waals surface area contributed by atoms with Crippen molar-refractivity contribution in [3.8, 4) is 5.75 Å². The first-order chi connectivity index (χ1) is 7.44. The number of halogens is 2. The fourth-order valence-electron chi connectivity index (χ4n) is 1.95. The molecule has 0 heterocycles. The molecular formula is C11H10ClFO3. The van der Waals surface area contributed by atoms with Crippen LogP contribution in [0.4, 0.5) is 4.39 Å². The average molecular weight is 245 g/mol. The Bertz CT molecular complexity index is 455. The predicted octanol–water partition coefficient (Wildman–Crippen LogP) is 2.69. The normalized spacial score (nSPS) is 17.1. The number of hydrogen-bond donors (Lipinski definition) is 2. The van der Waals surface area contributed by atoms with Crippen molar-refractivity contribution >= 4 is 17.6 Å². The van der Waals surface area contributed by atoms with Crippen LogP contribution in [0.1, 0.15) is 24.8 Å². The van der Waals surface area contributed by atoms with Gasteiger partial charge in [0.2, 0.25) is 0 Å². The molecule has 1 fully saturated rings. The van der Waals surface area contributed by atoms with Gasteiger partial charge in [-0.05, 0) is 25.0 Å². The Morgan fingerprint density at radius 3 is 2.62 bits per heavy atom. The van der Waals surface area contributed by atoms with Crippen molar-refractivity contribution in [3.05, 3.63) is 28.5 Å². The standard InChI is InChI=1S/C11H10ClFO3/c12-8-4-6(13)3-7(10(8)16)11(1-2-11)5-9(14)15/h3-4,16H,1-2,5H2,(H,14,15). The summed E-state index contributed by atoms with van der Waals surface area (Å²) in [5.74, 6) is -1.73. The zero-order chi connectivity index (χ0) is 11.9. The van der Waals surface area contributed by atoms with Crippen molar-refractivity contribution in [1.29, 1.82) is 0 Å². The van der Waals surface area contributed by atoms with Gasteiger partial charge < -0.3 is 10.2 Å². The number of carboxylic acid groups (broad SMARTS) is 1. The van der Waals surface area contributed by atoms with Crippen LogP contribution in [0.2, 0.25) is 5.02 Å². The Balaban J connectivity index is 2.44. The molecule has 0 radical (unpaired) electrons. The monoisotopic (exact) mass is 244 g/mol. The molecule has 1 aromatic carbocycles. The molecule has 0 aliphatic heterocycles. The molecule has 86 valence electrons. The van der Waals surface area contributed by atoms with E-state index < -0.39 is 17.2 Å². The minimum Gasteiger partial charge on any atom is -0.506 e. The summed E-state index contributed by atoms with van der Waals surface area (Å²) >= 11 is 5.65. The number of rotatable bonds is 3. The second-order valence-corrected chi connectivity index (χ2v) is 4.54. The molecule has 0 amide bonds. The summed E-state index contributed by atoms with van der Waals surface area (Å²) in [6.07, 6.45) is 1.15. The number of aromatic hydroxyl groups is 1. The Labute approximate surface area is 96.5 Å². The van der Waals surface area contributed by atoms with Crippen molar-refractivity contribution < 1.29 is 19.4 Å². The van der Waals surface area contributed by atoms with Gasteiger partial charge in [-0.3, -0.25) is 4.79 Å². The van der Waals surface area contributed by atoms with Gasteiger partial charge >= 0.3 is 5.97 Å². The van der Waals surface area contributed by atoms with Gasteiger partial charge in [-0.25, -0.2) is 4.39 Å². The molecule has 16 heavy (non-hydrogen) atoms. The maximum absolute atomic E-state index is 13.2. The van der Waals surface area contributed by atoms with Gasteiger partial charge in [0, 0.05) is 11.0 Å². The van der Waals surface area contributed by atoms with E-state index in [1.807, 2.05) is 0 Å². The zero-order valence-electron chi connectivity index (χ0n) is 8.33. The SMILES string of the molecule is O=C(O)CC1(c2cc(F)cc(Cl)c2O)CC1. The summed E-state index contributed by atoms with van der Waals surface area (Å²) in [4.78, 5) is 10.7. The molecule has 1 saturated carbocycles. The van der Waals surface area contributed by atoms with Crippen LogP contribution in [-0.2, 0) is 10.2 Å². The largest absolute Gasteiger partial charge is 0.506 e. The average Bonchev–Trinajstić information content (AvgIpc) is 2.91. The summed E-state index contributed by atoms with van der Waals surface area (Å²) in [7, 11) is 0. The quantitative estimate of drug-likeness (QED) is 0.860. The maximum Gasteiger partial charge on any atom is 0.304 e. The van der Waals surface area contributed by atoms with Gasteiger partial charge in [-0.15, -0.1) is 0 Å². The van der Waals surface area contributed by atoms with Crippen LogP contribution in [-0.4, -0.2) is 16.2 Å². The Kier molecular flexibility index (Phi) is 2.54. The Morgan fingerprint density at radius 1 is 1.50 bits per heavy atom. The first-order valence-electron chi connectivity index (χ1n) is 4.85. The van der Waals surface area contributed by atoms with E-state index in [4.69, 9.17) is 16.7 Å². The van der Waals surface area contributed by atoms with E-state index in [-0.39, 0.29) is 17.2 Å². The number of phenolic OH excluding ortho intramolecular Hbond substituents is 1. The third-order valence-corrected chi connectivity index (χ3v) is 3.23. The summed E-state index contributed by atoms with van der Waals surface area (Å²) in [5, 5.41) is 18.4. The maximum atomic E-state index is 13.2. The molecule has 0 bridgehead atoms. The molecule has 1 aliphatic rings. The van der Waals surface area contributed by atoms with Crippen LogP contribution in [0.25, 0.3) is 0 Å². The topological polar surface area (TPSA) is 57.5 Å². The van der Waals surface area contributed by atoms with Gasteiger partial charge in [0.15, 0.2) is 0 Å². The van der Waals surface area contributed by atoms with Crippen molar-refractivity contribution in [2.75, 3.05) is 0 Å². The first kappa shape index (κ1) is 11.2. The van der Waals surface area contributed by atoms with Crippen molar-refractivity contribution in [1.82, 2.24) is 0 Å². The molecule has 1 aliphatic carbocycles. The third-order valence-electron chi connectivity index (χ3n) is 2.94. The van der Waals surface area contributed by atoms with Crippen molar-refractivity contribution in [3.63, 3.8) is 0 Å². The summed E-state index contributed by atoms with van der Waals surface area (Å²) in [6, 6.07) is 2.17. The summed E-state index contributed by atoms with van der Waals surface area (Å²) in [6.45, 7) is 0. The lowest BCUT2D eigenvalue weighted by Crippen LogP contribution is -2.13. The molecule has 0 saturated heterocycles. The van der Waals surface area contributed by atoms with Gasteiger partial charge in [0.1, 0.15) is 11.6 Å². The van der Waals surface area contributed by atoms with Crippen LogP contribution < -0.4 is 0 Å². The van der Waals surface area contributed by atoms with Crippen molar-refractivity contribution in [2.24, 2.45) is 0 Å². The molecular weight excluding hydrogens is 235 g/mol. The minimum atomic E-state index is -0.961. The number of carbonyl (C=O) groups is 1. The molecule has 0 aromatic heterocycles. The van der Waals surface area contributed by atoms with Crippen molar-refractivity contribution in [2.45, 2.75) is 24.7 Å². The smallest absolute Gasteiger partial charge is 0.304 e. The second kappa shape index (κ2) is 3.63. The van der Waals surface area contributed by atoms with Gasteiger partial charge in [0.05, 0.1) is 11.4 Å². The molecule has 2 rings (SSSR count). The summed E-state index contributed by atoms with van der Waals surface area (Å²) in [5.41, 5.74) is -0.332. The van der Waals surface area contributed by atoms with Crippen LogP contribution in [0.3, 0.4) is 0 Å². The number of phenols is 1. The highest BCUT2D eigenvalue weighted by molar-refractivity contribution is 6.32. The minimum absolute atomic E-state index is 0.0772. The lowest BCUT2D eigenvalue weighted by atomic mass is 9.91. The number of benzene rings is 1. The number of hydrogen-bond acceptors (Lipinski definition) is 2. The lowest BCUT2D eigenvalue weighted by molar-refractivity contribution is -0.137. The summed E-state index contributed by atoms with van der Waals surface area (Å²) < 4.78 is 13.2. The Hall–Kier alpha value is -1.29. The van der Waals surface area contributed by atoms with Crippen LogP contribution >= 0.6 is 11.6 Å². The van der Waals surface area contributed by atoms with Gasteiger partial charge in [-0.1, -0.05) is 11.6 Å². The van der Waals surface area contributed by atoms with E-state index in [9.17, 15) is 14.3 Å². The van der Waals surface area contributed by atoms with E-state index in [0.717, 1.165) is 12.1 Å². The molecule has 5 heteroatoms.